The molecule has 2 aliphatic carbocycles. The number of alkyl halides is 2. The number of nitrogens with one attached hydrogen (secondary N) is 1. The SMILES string of the molecule is [2H]c1nc(-c2nnc(C(F)F)s2)n2cc(S(=O)(=O)NC3(C#N)CC3)cc(N3CCN(C(=O)C4(C)CC4)[C@H](C)C3)c12. The molecule has 1 saturated heterocycles. The van der Waals surface area contributed by atoms with Crippen LogP contribution in [-0.4, -0.2) is 70.0 Å². The minimum atomic E-state index is -4.19. The van der Waals surface area contributed by atoms with E-state index >= 15 is 0 Å². The Labute approximate surface area is 228 Å². The fourth-order valence-corrected chi connectivity index (χ4v) is 6.93. The molecule has 15 heteroatoms. The first-order valence-electron chi connectivity index (χ1n) is 13.0. The van der Waals surface area contributed by atoms with Crippen molar-refractivity contribution in [2.24, 2.45) is 5.41 Å². The third kappa shape index (κ3) is 4.53. The van der Waals surface area contributed by atoms with Crippen LogP contribution in [0.4, 0.5) is 14.5 Å². The number of halogens is 2. The van der Waals surface area contributed by atoms with Crippen molar-refractivity contribution >= 4 is 38.5 Å². The van der Waals surface area contributed by atoms with Gasteiger partial charge in [0.1, 0.15) is 10.4 Å². The van der Waals surface area contributed by atoms with Gasteiger partial charge in [-0.1, -0.05) is 18.3 Å². The Morgan fingerprint density at radius 1 is 1.31 bits per heavy atom. The maximum absolute atomic E-state index is 13.5. The number of nitrogens with zero attached hydrogens (tertiary/aromatic N) is 7. The number of fused-ring (bicyclic) bond motifs is 1. The molecule has 0 spiro atoms. The van der Waals surface area contributed by atoms with Gasteiger partial charge in [-0.3, -0.25) is 9.20 Å². The Hall–Kier alpha value is -3.22. The summed E-state index contributed by atoms with van der Waals surface area (Å²) in [7, 11) is -4.19. The van der Waals surface area contributed by atoms with Crippen molar-refractivity contribution in [3.63, 3.8) is 0 Å². The van der Waals surface area contributed by atoms with Crippen LogP contribution in [0.1, 0.15) is 52.3 Å². The van der Waals surface area contributed by atoms with Gasteiger partial charge >= 0.3 is 0 Å². The van der Waals surface area contributed by atoms with Crippen LogP contribution in [0.3, 0.4) is 0 Å². The van der Waals surface area contributed by atoms with Crippen LogP contribution in [0, 0.1) is 16.7 Å². The summed E-state index contributed by atoms with van der Waals surface area (Å²) in [5.41, 5.74) is -0.832. The summed E-state index contributed by atoms with van der Waals surface area (Å²) in [6.45, 7) is 5.06. The molecular weight excluding hydrogens is 550 g/mol. The highest BCUT2D eigenvalue weighted by Gasteiger charge is 2.49. The van der Waals surface area contributed by atoms with Crippen LogP contribution < -0.4 is 9.62 Å². The number of anilines is 1. The first kappa shape index (κ1) is 24.8. The Kier molecular flexibility index (Phi) is 5.66. The van der Waals surface area contributed by atoms with Crippen LogP contribution in [0.5, 0.6) is 0 Å². The average molecular weight is 578 g/mol. The van der Waals surface area contributed by atoms with E-state index in [4.69, 9.17) is 1.37 Å². The molecule has 11 nitrogen and oxygen atoms in total. The van der Waals surface area contributed by atoms with Crippen LogP contribution in [0.2, 0.25) is 0 Å². The summed E-state index contributed by atoms with van der Waals surface area (Å²) in [6.07, 6.45) is 0.713. The third-order valence-electron chi connectivity index (χ3n) is 7.68. The normalized spacial score (nSPS) is 22.2. The number of piperazine rings is 1. The number of nitriles is 1. The molecule has 1 aliphatic heterocycles. The molecule has 206 valence electrons. The van der Waals surface area contributed by atoms with E-state index in [0.29, 0.717) is 49.5 Å². The number of imidazole rings is 1. The van der Waals surface area contributed by atoms with Gasteiger partial charge in [0.25, 0.3) is 6.43 Å². The fourth-order valence-electron chi connectivity index (χ4n) is 4.85. The van der Waals surface area contributed by atoms with E-state index in [-0.39, 0.29) is 44.8 Å². The monoisotopic (exact) mass is 577 g/mol. The first-order valence-corrected chi connectivity index (χ1v) is 14.8. The van der Waals surface area contributed by atoms with Crippen molar-refractivity contribution in [2.75, 3.05) is 24.5 Å². The number of amides is 1. The molecule has 3 aromatic rings. The quantitative estimate of drug-likeness (QED) is 0.453. The molecule has 3 aliphatic rings. The van der Waals surface area contributed by atoms with Crippen molar-refractivity contribution in [2.45, 2.75) is 62.4 Å². The molecule has 0 unspecified atom stereocenters. The highest BCUT2D eigenvalue weighted by atomic mass is 32.2. The van der Waals surface area contributed by atoms with Crippen LogP contribution in [-0.2, 0) is 14.8 Å². The second kappa shape index (κ2) is 8.90. The third-order valence-corrected chi connectivity index (χ3v) is 10.1. The zero-order valence-electron chi connectivity index (χ0n) is 22.2. The Morgan fingerprint density at radius 2 is 2.05 bits per heavy atom. The van der Waals surface area contributed by atoms with Crippen LogP contribution in [0.15, 0.2) is 23.3 Å². The fraction of sp³-hybridized carbons (Fsp3) is 0.542. The first-order chi connectivity index (χ1) is 18.9. The molecular formula is C24H26F2N8O3S2. The van der Waals surface area contributed by atoms with Gasteiger partial charge in [-0.2, -0.15) is 9.98 Å². The summed E-state index contributed by atoms with van der Waals surface area (Å²) >= 11 is 0.608. The Balaban J connectivity index is 1.45. The zero-order chi connectivity index (χ0) is 28.6. The molecule has 0 radical (unpaired) electrons. The second-order valence-electron chi connectivity index (χ2n) is 10.7. The van der Waals surface area contributed by atoms with Crippen molar-refractivity contribution in [3.8, 4) is 16.9 Å². The summed E-state index contributed by atoms with van der Waals surface area (Å²) in [6, 6.07) is 3.27. The van der Waals surface area contributed by atoms with E-state index in [9.17, 15) is 27.3 Å². The molecule has 2 saturated carbocycles. The molecule has 1 N–H and O–H groups in total. The maximum Gasteiger partial charge on any atom is 0.291 e. The lowest BCUT2D eigenvalue weighted by molar-refractivity contribution is -0.138. The Morgan fingerprint density at radius 3 is 2.64 bits per heavy atom. The molecule has 0 bridgehead atoms. The van der Waals surface area contributed by atoms with E-state index in [0.717, 1.165) is 12.8 Å². The zero-order valence-corrected chi connectivity index (χ0v) is 22.8. The summed E-state index contributed by atoms with van der Waals surface area (Å²) < 4.78 is 65.9. The van der Waals surface area contributed by atoms with Crippen LogP contribution in [0.25, 0.3) is 16.3 Å². The van der Waals surface area contributed by atoms with Gasteiger partial charge in [-0.25, -0.2) is 22.2 Å². The lowest BCUT2D eigenvalue weighted by atomic mass is 10.0. The average Bonchev–Trinajstić information content (AvgIpc) is 3.76. The molecule has 1 atom stereocenters. The molecule has 3 fully saturated rings. The van der Waals surface area contributed by atoms with E-state index in [1.807, 2.05) is 29.7 Å². The van der Waals surface area contributed by atoms with Gasteiger partial charge in [0.05, 0.1) is 24.8 Å². The van der Waals surface area contributed by atoms with Gasteiger partial charge < -0.3 is 9.80 Å². The molecule has 3 aromatic heterocycles. The smallest absolute Gasteiger partial charge is 0.291 e. The van der Waals surface area contributed by atoms with Crippen molar-refractivity contribution < 1.29 is 23.4 Å². The van der Waals surface area contributed by atoms with Crippen LogP contribution >= 0.6 is 11.3 Å². The molecule has 4 heterocycles. The van der Waals surface area contributed by atoms with Crippen molar-refractivity contribution in [1.29, 1.82) is 5.26 Å². The van der Waals surface area contributed by atoms with Gasteiger partial charge in [0.15, 0.2) is 15.8 Å². The predicted octanol–water partition coefficient (Wildman–Crippen LogP) is 2.96. The van der Waals surface area contributed by atoms with Gasteiger partial charge in [-0.05, 0) is 38.7 Å². The molecule has 0 aromatic carbocycles. The molecule has 6 rings (SSSR count). The number of carbonyl (C=O) groups excluding carboxylic acids is 1. The van der Waals surface area contributed by atoms with Crippen molar-refractivity contribution in [3.05, 3.63) is 23.4 Å². The summed E-state index contributed by atoms with van der Waals surface area (Å²) in [5, 5.41) is 16.3. The second-order valence-corrected chi connectivity index (χ2v) is 13.4. The topological polar surface area (TPSA) is 137 Å². The number of hydrogen-bond donors (Lipinski definition) is 1. The van der Waals surface area contributed by atoms with E-state index in [1.165, 1.54) is 16.7 Å². The molecule has 39 heavy (non-hydrogen) atoms. The van der Waals surface area contributed by atoms with E-state index < -0.39 is 27.0 Å². The number of rotatable bonds is 7. The van der Waals surface area contributed by atoms with E-state index in [2.05, 4.69) is 19.9 Å². The minimum absolute atomic E-state index is 0.00707. The number of hydrogen-bond acceptors (Lipinski definition) is 9. The standard InChI is InChI=1S/C24H26F2N8O3S2/c1-14-11-32(7-8-33(14)22(35)23(2)3-4-23)16-9-15(39(36,37)31-24(13-27)5-6-24)12-34-17(16)10-28-19(34)21-30-29-20(38-21)18(25)26/h9-10,12,14,18,31H,3-8,11H2,1-2H3/t14-/m1/s1/i10D. The number of carbonyl (C=O) groups is 1. The number of sulfonamides is 1. The van der Waals surface area contributed by atoms with E-state index in [1.54, 1.807) is 0 Å². The summed E-state index contributed by atoms with van der Waals surface area (Å²) in [5.74, 6) is 0.114. The predicted molar refractivity (Wildman–Crippen MR) is 138 cm³/mol. The lowest BCUT2D eigenvalue weighted by Crippen LogP contribution is -2.55. The van der Waals surface area contributed by atoms with Gasteiger partial charge in [0, 0.05) is 37.3 Å². The Bertz CT molecular complexity index is 1680. The van der Waals surface area contributed by atoms with Gasteiger partial charge in [-0.15, -0.1) is 10.2 Å². The number of pyridine rings is 1. The maximum atomic E-state index is 13.5. The highest BCUT2D eigenvalue weighted by molar-refractivity contribution is 7.89. The number of aromatic nitrogens is 4. The summed E-state index contributed by atoms with van der Waals surface area (Å²) in [4.78, 5) is 20.9. The van der Waals surface area contributed by atoms with Gasteiger partial charge in [0.2, 0.25) is 15.9 Å². The molecule has 1 amide bonds. The van der Waals surface area contributed by atoms with Crippen molar-refractivity contribution in [1.82, 2.24) is 29.2 Å². The highest BCUT2D eigenvalue weighted by Crippen LogP contribution is 2.47. The lowest BCUT2D eigenvalue weighted by Gasteiger charge is -2.42. The largest absolute Gasteiger partial charge is 0.366 e. The minimum Gasteiger partial charge on any atom is -0.366 e.